The summed E-state index contributed by atoms with van der Waals surface area (Å²) in [5.74, 6) is 0.998. The van der Waals surface area contributed by atoms with Gasteiger partial charge in [-0.25, -0.2) is 4.68 Å². The minimum Gasteiger partial charge on any atom is -0.493 e. The molecule has 2 heterocycles. The van der Waals surface area contributed by atoms with Crippen molar-refractivity contribution in [1.29, 1.82) is 0 Å². The first-order valence-corrected chi connectivity index (χ1v) is 10.5. The van der Waals surface area contributed by atoms with Gasteiger partial charge in [0.1, 0.15) is 0 Å². The van der Waals surface area contributed by atoms with Crippen LogP contribution >= 0.6 is 0 Å². The van der Waals surface area contributed by atoms with Gasteiger partial charge in [0.25, 0.3) is 5.56 Å². The van der Waals surface area contributed by atoms with Crippen LogP contribution in [-0.4, -0.2) is 66.5 Å². The molecule has 2 aromatic carbocycles. The van der Waals surface area contributed by atoms with E-state index in [1.807, 2.05) is 24.3 Å². The van der Waals surface area contributed by atoms with Crippen molar-refractivity contribution in [1.82, 2.24) is 19.6 Å². The Labute approximate surface area is 182 Å². The molecule has 0 spiro atoms. The van der Waals surface area contributed by atoms with Gasteiger partial charge in [0.15, 0.2) is 11.5 Å². The van der Waals surface area contributed by atoms with E-state index in [2.05, 4.69) is 39.2 Å². The van der Waals surface area contributed by atoms with Gasteiger partial charge >= 0.3 is 0 Å². The van der Waals surface area contributed by atoms with E-state index in [4.69, 9.17) is 9.47 Å². The highest BCUT2D eigenvalue weighted by atomic mass is 16.5. The smallest absolute Gasteiger partial charge is 0.279 e. The summed E-state index contributed by atoms with van der Waals surface area (Å²) in [6.45, 7) is 5.08. The van der Waals surface area contributed by atoms with Crippen molar-refractivity contribution in [2.75, 3.05) is 46.9 Å². The number of aromatic nitrogens is 2. The van der Waals surface area contributed by atoms with Crippen LogP contribution in [0.15, 0.2) is 59.5 Å². The van der Waals surface area contributed by atoms with Gasteiger partial charge in [-0.2, -0.15) is 5.10 Å². The lowest BCUT2D eigenvalue weighted by atomic mass is 10.1. The zero-order valence-electron chi connectivity index (χ0n) is 18.0. The van der Waals surface area contributed by atoms with Crippen LogP contribution in [0.2, 0.25) is 0 Å². The second kappa shape index (κ2) is 9.76. The van der Waals surface area contributed by atoms with Gasteiger partial charge in [-0.05, 0) is 17.7 Å². The number of piperazine rings is 1. The lowest BCUT2D eigenvalue weighted by Gasteiger charge is -2.34. The van der Waals surface area contributed by atoms with E-state index in [1.165, 1.54) is 10.2 Å². The molecule has 31 heavy (non-hydrogen) atoms. The van der Waals surface area contributed by atoms with Crippen LogP contribution in [0.3, 0.4) is 0 Å². The average molecular weight is 421 g/mol. The van der Waals surface area contributed by atoms with Gasteiger partial charge in [0.2, 0.25) is 0 Å². The molecule has 1 fully saturated rings. The predicted octanol–water partition coefficient (Wildman–Crippen LogP) is 2.70. The second-order valence-corrected chi connectivity index (χ2v) is 7.59. The number of nitrogens with zero attached hydrogens (tertiary/aromatic N) is 4. The summed E-state index contributed by atoms with van der Waals surface area (Å²) < 4.78 is 12.3. The monoisotopic (exact) mass is 420 g/mol. The SMILES string of the molecule is COc1ccc2cnn(CN3CCN(CC=Cc4ccccc4)CC3)c(=O)c2c1OC. The number of benzene rings is 2. The van der Waals surface area contributed by atoms with Crippen molar-refractivity contribution in [3.05, 3.63) is 70.7 Å². The normalized spacial score (nSPS) is 15.5. The molecule has 3 aromatic rings. The molecule has 0 radical (unpaired) electrons. The van der Waals surface area contributed by atoms with Crippen molar-refractivity contribution >= 4 is 16.8 Å². The third kappa shape index (κ3) is 4.78. The van der Waals surface area contributed by atoms with Gasteiger partial charge in [-0.15, -0.1) is 0 Å². The fourth-order valence-corrected chi connectivity index (χ4v) is 3.89. The summed E-state index contributed by atoms with van der Waals surface area (Å²) in [6, 6.07) is 14.0. The maximum absolute atomic E-state index is 13.1. The van der Waals surface area contributed by atoms with Gasteiger partial charge in [0.05, 0.1) is 32.5 Å². The molecule has 1 aliphatic heterocycles. The molecule has 0 atom stereocenters. The van der Waals surface area contributed by atoms with E-state index < -0.39 is 0 Å². The van der Waals surface area contributed by atoms with E-state index in [-0.39, 0.29) is 5.56 Å². The number of rotatable bonds is 7. The summed E-state index contributed by atoms with van der Waals surface area (Å²) in [7, 11) is 3.12. The van der Waals surface area contributed by atoms with Gasteiger partial charge in [0, 0.05) is 38.1 Å². The number of hydrogen-bond donors (Lipinski definition) is 0. The fraction of sp³-hybridized carbons (Fsp3) is 0.333. The Hall–Kier alpha value is -3.16. The van der Waals surface area contributed by atoms with Crippen LogP contribution in [0.1, 0.15) is 5.56 Å². The second-order valence-electron chi connectivity index (χ2n) is 7.59. The first-order valence-electron chi connectivity index (χ1n) is 10.5. The Morgan fingerprint density at radius 3 is 2.42 bits per heavy atom. The van der Waals surface area contributed by atoms with Crippen molar-refractivity contribution in [3.8, 4) is 11.5 Å². The highest BCUT2D eigenvalue weighted by Crippen LogP contribution is 2.32. The molecule has 7 nitrogen and oxygen atoms in total. The Morgan fingerprint density at radius 1 is 0.968 bits per heavy atom. The van der Waals surface area contributed by atoms with E-state index in [0.717, 1.165) is 38.1 Å². The van der Waals surface area contributed by atoms with Gasteiger partial charge < -0.3 is 9.47 Å². The van der Waals surface area contributed by atoms with E-state index in [1.54, 1.807) is 26.5 Å². The Kier molecular flexibility index (Phi) is 6.64. The maximum Gasteiger partial charge on any atom is 0.279 e. The van der Waals surface area contributed by atoms with Crippen molar-refractivity contribution in [2.24, 2.45) is 0 Å². The minimum atomic E-state index is -0.165. The largest absolute Gasteiger partial charge is 0.493 e. The fourth-order valence-electron chi connectivity index (χ4n) is 3.89. The lowest BCUT2D eigenvalue weighted by molar-refractivity contribution is 0.109. The number of methoxy groups -OCH3 is 2. The molecule has 162 valence electrons. The Morgan fingerprint density at radius 2 is 1.71 bits per heavy atom. The molecule has 1 aliphatic rings. The molecule has 4 rings (SSSR count). The maximum atomic E-state index is 13.1. The quantitative estimate of drug-likeness (QED) is 0.586. The Bertz CT molecular complexity index is 1100. The number of ether oxygens (including phenoxy) is 2. The molecule has 0 saturated carbocycles. The van der Waals surface area contributed by atoms with E-state index in [9.17, 15) is 4.79 Å². The van der Waals surface area contributed by atoms with Gasteiger partial charge in [-0.1, -0.05) is 42.5 Å². The molecule has 0 bridgehead atoms. The summed E-state index contributed by atoms with van der Waals surface area (Å²) in [5, 5.41) is 5.62. The molecular formula is C24H28N4O3. The first kappa shape index (κ1) is 21.1. The van der Waals surface area contributed by atoms with E-state index in [0.29, 0.717) is 23.6 Å². The third-order valence-corrected chi connectivity index (χ3v) is 5.63. The lowest BCUT2D eigenvalue weighted by Crippen LogP contribution is -2.47. The molecule has 0 amide bonds. The predicted molar refractivity (Wildman–Crippen MR) is 123 cm³/mol. The van der Waals surface area contributed by atoms with Crippen molar-refractivity contribution in [3.63, 3.8) is 0 Å². The van der Waals surface area contributed by atoms with Gasteiger partial charge in [-0.3, -0.25) is 14.6 Å². The minimum absolute atomic E-state index is 0.165. The molecule has 0 aliphatic carbocycles. The molecule has 0 N–H and O–H groups in total. The van der Waals surface area contributed by atoms with Crippen molar-refractivity contribution < 1.29 is 9.47 Å². The van der Waals surface area contributed by atoms with Crippen molar-refractivity contribution in [2.45, 2.75) is 6.67 Å². The zero-order valence-corrected chi connectivity index (χ0v) is 18.0. The van der Waals surface area contributed by atoms with Crippen LogP contribution in [0.5, 0.6) is 11.5 Å². The Balaban J connectivity index is 1.40. The molecular weight excluding hydrogens is 392 g/mol. The van der Waals surface area contributed by atoms with Crippen LogP contribution in [0.4, 0.5) is 0 Å². The highest BCUT2D eigenvalue weighted by molar-refractivity contribution is 5.89. The van der Waals surface area contributed by atoms with Crippen LogP contribution in [0, 0.1) is 0 Å². The molecule has 7 heteroatoms. The third-order valence-electron chi connectivity index (χ3n) is 5.63. The summed E-state index contributed by atoms with van der Waals surface area (Å²) >= 11 is 0. The van der Waals surface area contributed by atoms with E-state index >= 15 is 0 Å². The zero-order chi connectivity index (χ0) is 21.6. The summed E-state index contributed by atoms with van der Waals surface area (Å²) in [6.07, 6.45) is 6.08. The van der Waals surface area contributed by atoms with Crippen LogP contribution in [0.25, 0.3) is 16.8 Å². The first-order chi connectivity index (χ1) is 15.2. The van der Waals surface area contributed by atoms with Crippen LogP contribution in [-0.2, 0) is 6.67 Å². The van der Waals surface area contributed by atoms with Crippen LogP contribution < -0.4 is 15.0 Å². The molecule has 0 unspecified atom stereocenters. The molecule has 1 saturated heterocycles. The number of fused-ring (bicyclic) bond motifs is 1. The number of hydrogen-bond acceptors (Lipinski definition) is 6. The summed E-state index contributed by atoms with van der Waals surface area (Å²) in [5.41, 5.74) is 1.05. The standard InChI is InChI=1S/C24H28N4O3/c1-30-21-11-10-20-17-25-28(24(29)22(20)23(21)31-2)18-27-15-13-26(14-16-27)12-6-9-19-7-4-3-5-8-19/h3-11,17H,12-16,18H2,1-2H3. The topological polar surface area (TPSA) is 59.8 Å². The molecule has 1 aromatic heterocycles. The average Bonchev–Trinajstić information content (AvgIpc) is 2.82. The summed E-state index contributed by atoms with van der Waals surface area (Å²) in [4.78, 5) is 17.8. The highest BCUT2D eigenvalue weighted by Gasteiger charge is 2.19.